The molecule has 0 saturated carbocycles. The number of likely N-dealkylation sites (tertiary alicyclic amines) is 1. The zero-order chi connectivity index (χ0) is 22.2. The smallest absolute Gasteiger partial charge is 0.275 e. The fourth-order valence-electron chi connectivity index (χ4n) is 4.42. The van der Waals surface area contributed by atoms with Crippen molar-refractivity contribution in [2.75, 3.05) is 50.1 Å². The van der Waals surface area contributed by atoms with Gasteiger partial charge in [0.25, 0.3) is 5.91 Å². The van der Waals surface area contributed by atoms with Crippen molar-refractivity contribution < 1.29 is 13.9 Å². The summed E-state index contributed by atoms with van der Waals surface area (Å²) < 4.78 is 20.4. The highest BCUT2D eigenvalue weighted by Gasteiger charge is 2.32. The van der Waals surface area contributed by atoms with Crippen molar-refractivity contribution in [1.29, 1.82) is 0 Å². The number of alkyl halides is 1. The highest BCUT2D eigenvalue weighted by Crippen LogP contribution is 2.30. The molecule has 5 rings (SSSR count). The van der Waals surface area contributed by atoms with E-state index in [1.807, 2.05) is 19.3 Å². The standard InChI is InChI=1S/C22H26FN7O2/c1-28-12-15-5-18(20(32-2)6-17(15)27-28)26-22(31)19-7-25-21(8-24-19)30-10-14(11-30)9-29-4-3-16(23)13-29/h5-8,12,14,16H,3-4,9-11,13H2,1-2H3,(H,26,31). The first kappa shape index (κ1) is 20.6. The SMILES string of the molecule is COc1cc2nn(C)cc2cc1NC(=O)c1cnc(N2CC(CN3CCC(F)C3)C2)cn1. The quantitative estimate of drug-likeness (QED) is 0.629. The van der Waals surface area contributed by atoms with E-state index < -0.39 is 6.17 Å². The summed E-state index contributed by atoms with van der Waals surface area (Å²) in [5.41, 5.74) is 1.56. The average molecular weight is 439 g/mol. The molecule has 168 valence electrons. The summed E-state index contributed by atoms with van der Waals surface area (Å²) in [7, 11) is 3.39. The van der Waals surface area contributed by atoms with Crippen molar-refractivity contribution in [3.63, 3.8) is 0 Å². The number of halogens is 1. The maximum absolute atomic E-state index is 13.3. The van der Waals surface area contributed by atoms with Gasteiger partial charge in [-0.25, -0.2) is 14.4 Å². The van der Waals surface area contributed by atoms with E-state index in [2.05, 4.69) is 30.2 Å². The summed E-state index contributed by atoms with van der Waals surface area (Å²) >= 11 is 0. The van der Waals surface area contributed by atoms with Gasteiger partial charge in [-0.05, 0) is 12.5 Å². The van der Waals surface area contributed by atoms with Crippen molar-refractivity contribution >= 4 is 28.3 Å². The molecule has 3 aromatic rings. The topological polar surface area (TPSA) is 88.4 Å². The summed E-state index contributed by atoms with van der Waals surface area (Å²) in [4.78, 5) is 25.8. The van der Waals surface area contributed by atoms with E-state index in [-0.39, 0.29) is 11.6 Å². The van der Waals surface area contributed by atoms with Crippen molar-refractivity contribution in [2.24, 2.45) is 13.0 Å². The second-order valence-corrected chi connectivity index (χ2v) is 8.54. The number of ether oxygens (including phenoxy) is 1. The molecule has 1 amide bonds. The van der Waals surface area contributed by atoms with Crippen LogP contribution in [0.3, 0.4) is 0 Å². The normalized spacial score (nSPS) is 19.3. The Balaban J connectivity index is 1.20. The minimum atomic E-state index is -0.679. The molecule has 4 heterocycles. The number of aromatic nitrogens is 4. The van der Waals surface area contributed by atoms with Crippen molar-refractivity contribution in [1.82, 2.24) is 24.6 Å². The van der Waals surface area contributed by atoms with Crippen LogP contribution in [-0.4, -0.2) is 76.6 Å². The average Bonchev–Trinajstić information content (AvgIpc) is 3.33. The van der Waals surface area contributed by atoms with Crippen LogP contribution in [0.1, 0.15) is 16.9 Å². The lowest BCUT2D eigenvalue weighted by Crippen LogP contribution is -2.51. The van der Waals surface area contributed by atoms with Gasteiger partial charge in [0, 0.05) is 63.3 Å². The van der Waals surface area contributed by atoms with Gasteiger partial charge in [0.05, 0.1) is 30.7 Å². The molecule has 1 atom stereocenters. The first-order chi connectivity index (χ1) is 15.5. The van der Waals surface area contributed by atoms with Crippen LogP contribution in [0.25, 0.3) is 10.9 Å². The molecule has 0 radical (unpaired) electrons. The Hall–Kier alpha value is -3.27. The monoisotopic (exact) mass is 439 g/mol. The number of benzene rings is 1. The third-order valence-corrected chi connectivity index (χ3v) is 6.07. The van der Waals surface area contributed by atoms with Crippen LogP contribution in [0.2, 0.25) is 0 Å². The van der Waals surface area contributed by atoms with Crippen molar-refractivity contribution in [3.8, 4) is 5.75 Å². The summed E-state index contributed by atoms with van der Waals surface area (Å²) in [6.07, 6.45) is 4.95. The van der Waals surface area contributed by atoms with Crippen LogP contribution in [0, 0.1) is 5.92 Å². The number of carbonyl (C=O) groups excluding carboxylic acids is 1. The van der Waals surface area contributed by atoms with Crippen LogP contribution in [0.4, 0.5) is 15.9 Å². The molecule has 1 unspecified atom stereocenters. The van der Waals surface area contributed by atoms with Gasteiger partial charge in [-0.15, -0.1) is 0 Å². The fraction of sp³-hybridized carbons (Fsp3) is 0.455. The van der Waals surface area contributed by atoms with Crippen LogP contribution in [-0.2, 0) is 7.05 Å². The van der Waals surface area contributed by atoms with Gasteiger partial charge in [-0.3, -0.25) is 14.4 Å². The molecule has 0 aliphatic carbocycles. The molecule has 1 N–H and O–H groups in total. The predicted molar refractivity (Wildman–Crippen MR) is 119 cm³/mol. The lowest BCUT2D eigenvalue weighted by Gasteiger charge is -2.41. The van der Waals surface area contributed by atoms with Crippen LogP contribution >= 0.6 is 0 Å². The molecular formula is C22H26FN7O2. The van der Waals surface area contributed by atoms with E-state index >= 15 is 0 Å². The molecule has 0 bridgehead atoms. The molecule has 1 aromatic carbocycles. The van der Waals surface area contributed by atoms with Crippen LogP contribution in [0.5, 0.6) is 5.75 Å². The molecule has 2 aliphatic rings. The van der Waals surface area contributed by atoms with E-state index in [1.54, 1.807) is 24.1 Å². The van der Waals surface area contributed by atoms with Gasteiger partial charge >= 0.3 is 0 Å². The number of hydrogen-bond acceptors (Lipinski definition) is 7. The lowest BCUT2D eigenvalue weighted by atomic mass is 10.00. The summed E-state index contributed by atoms with van der Waals surface area (Å²) in [6, 6.07) is 3.61. The second kappa shape index (κ2) is 8.34. The molecule has 10 heteroatoms. The first-order valence-electron chi connectivity index (χ1n) is 10.7. The maximum atomic E-state index is 13.3. The summed E-state index contributed by atoms with van der Waals surface area (Å²) in [5.74, 6) is 1.43. The molecule has 9 nitrogen and oxygen atoms in total. The summed E-state index contributed by atoms with van der Waals surface area (Å²) in [6.45, 7) is 4.07. The van der Waals surface area contributed by atoms with E-state index in [1.165, 1.54) is 6.20 Å². The molecule has 0 spiro atoms. The van der Waals surface area contributed by atoms with Gasteiger partial charge in [0.15, 0.2) is 0 Å². The third kappa shape index (κ3) is 4.10. The molecule has 32 heavy (non-hydrogen) atoms. The maximum Gasteiger partial charge on any atom is 0.275 e. The Labute approximate surface area is 185 Å². The third-order valence-electron chi connectivity index (χ3n) is 6.07. The first-order valence-corrected chi connectivity index (χ1v) is 10.7. The highest BCUT2D eigenvalue weighted by atomic mass is 19.1. The number of carbonyl (C=O) groups is 1. The van der Waals surface area contributed by atoms with Crippen molar-refractivity contribution in [3.05, 3.63) is 36.4 Å². The summed E-state index contributed by atoms with van der Waals surface area (Å²) in [5, 5.41) is 8.10. The molecule has 2 saturated heterocycles. The zero-order valence-electron chi connectivity index (χ0n) is 18.2. The fourth-order valence-corrected chi connectivity index (χ4v) is 4.42. The van der Waals surface area contributed by atoms with Gasteiger partial charge in [-0.2, -0.15) is 5.10 Å². The number of rotatable bonds is 6. The molecular weight excluding hydrogens is 413 g/mol. The Kier molecular flexibility index (Phi) is 5.38. The minimum absolute atomic E-state index is 0.227. The van der Waals surface area contributed by atoms with E-state index in [0.29, 0.717) is 30.3 Å². The number of aryl methyl sites for hydroxylation is 1. The number of anilines is 2. The Morgan fingerprint density at radius 2 is 2.09 bits per heavy atom. The van der Waals surface area contributed by atoms with E-state index in [9.17, 15) is 9.18 Å². The van der Waals surface area contributed by atoms with E-state index in [4.69, 9.17) is 4.74 Å². The molecule has 2 aromatic heterocycles. The number of fused-ring (bicyclic) bond motifs is 1. The van der Waals surface area contributed by atoms with Crippen LogP contribution < -0.4 is 15.0 Å². The van der Waals surface area contributed by atoms with Gasteiger partial charge < -0.3 is 15.0 Å². The van der Waals surface area contributed by atoms with Crippen LogP contribution in [0.15, 0.2) is 30.7 Å². The molecule has 2 fully saturated rings. The predicted octanol–water partition coefficient (Wildman–Crippen LogP) is 2.10. The number of hydrogen-bond donors (Lipinski definition) is 1. The van der Waals surface area contributed by atoms with Gasteiger partial charge in [0.2, 0.25) is 0 Å². The number of methoxy groups -OCH3 is 1. The minimum Gasteiger partial charge on any atom is -0.494 e. The largest absolute Gasteiger partial charge is 0.494 e. The highest BCUT2D eigenvalue weighted by molar-refractivity contribution is 6.04. The van der Waals surface area contributed by atoms with Crippen molar-refractivity contribution in [2.45, 2.75) is 12.6 Å². The number of amides is 1. The van der Waals surface area contributed by atoms with E-state index in [0.717, 1.165) is 42.9 Å². The van der Waals surface area contributed by atoms with Gasteiger partial charge in [-0.1, -0.05) is 0 Å². The zero-order valence-corrected chi connectivity index (χ0v) is 18.2. The number of nitrogens with one attached hydrogen (secondary N) is 1. The van der Waals surface area contributed by atoms with Gasteiger partial charge in [0.1, 0.15) is 23.4 Å². The number of nitrogens with zero attached hydrogens (tertiary/aromatic N) is 6. The second-order valence-electron chi connectivity index (χ2n) is 8.54. The Morgan fingerprint density at radius 3 is 2.78 bits per heavy atom. The molecule has 2 aliphatic heterocycles. The Morgan fingerprint density at radius 1 is 1.25 bits per heavy atom. The lowest BCUT2D eigenvalue weighted by molar-refractivity contribution is 0.102. The Bertz CT molecular complexity index is 1130.